The molecule has 2 aromatic rings. The molecule has 1 aromatic carbocycles. The van der Waals surface area contributed by atoms with Crippen LogP contribution in [0.4, 0.5) is 5.69 Å². The molecule has 0 bridgehead atoms. The fourth-order valence-corrected chi connectivity index (χ4v) is 1.81. The Morgan fingerprint density at radius 3 is 2.32 bits per heavy atom. The van der Waals surface area contributed by atoms with Crippen LogP contribution in [-0.4, -0.2) is 13.3 Å². The van der Waals surface area contributed by atoms with Crippen molar-refractivity contribution in [1.82, 2.24) is 0 Å². The predicted octanol–water partition coefficient (Wildman–Crippen LogP) is 4.05. The molecule has 0 radical (unpaired) electrons. The second-order valence-electron chi connectivity index (χ2n) is 4.55. The number of benzene rings is 1. The van der Waals surface area contributed by atoms with Crippen LogP contribution < -0.4 is 9.58 Å². The zero-order valence-corrected chi connectivity index (χ0v) is 13.8. The van der Waals surface area contributed by atoms with E-state index in [1.54, 1.807) is 0 Å². The van der Waals surface area contributed by atoms with Crippen molar-refractivity contribution in [2.75, 3.05) is 12.1 Å². The van der Waals surface area contributed by atoms with Crippen molar-refractivity contribution in [1.29, 1.82) is 0 Å². The van der Waals surface area contributed by atoms with Gasteiger partial charge in [0.25, 0.3) is 0 Å². The molecule has 0 spiro atoms. The van der Waals surface area contributed by atoms with Gasteiger partial charge >= 0.3 is 0 Å². The van der Waals surface area contributed by atoms with Crippen LogP contribution in [0.3, 0.4) is 0 Å². The summed E-state index contributed by atoms with van der Waals surface area (Å²) in [5.74, 6) is 0. The lowest BCUT2D eigenvalue weighted by Crippen LogP contribution is -2.32. The van der Waals surface area contributed by atoms with E-state index in [1.807, 2.05) is 68.5 Å². The average Bonchev–Trinajstić information content (AvgIpc) is 2.61. The minimum atomic E-state index is 0.963. The Hall–Kier alpha value is -2.42. The summed E-state index contributed by atoms with van der Waals surface area (Å²) in [5, 5.41) is 6.30. The number of para-hydroxylation sites is 1. The molecule has 116 valence electrons. The minimum absolute atomic E-state index is 0.963. The third-order valence-electron chi connectivity index (χ3n) is 3.02. The molecule has 1 heterocycles. The lowest BCUT2D eigenvalue weighted by atomic mass is 10.3. The van der Waals surface area contributed by atoms with Crippen LogP contribution in [0.15, 0.2) is 72.6 Å². The van der Waals surface area contributed by atoms with Gasteiger partial charge in [-0.2, -0.15) is 5.10 Å². The van der Waals surface area contributed by atoms with Gasteiger partial charge in [-0.3, -0.25) is 5.01 Å². The largest absolute Gasteiger partial charge is 0.269 e. The number of aryl methyl sites for hydroxylation is 1. The zero-order valence-electron chi connectivity index (χ0n) is 13.8. The summed E-state index contributed by atoms with van der Waals surface area (Å²) in [4.78, 5) is 0. The molecule has 0 aliphatic carbocycles. The highest BCUT2D eigenvalue weighted by atomic mass is 15.4. The van der Waals surface area contributed by atoms with E-state index in [4.69, 9.17) is 0 Å². The molecule has 3 nitrogen and oxygen atoms in total. The van der Waals surface area contributed by atoms with Gasteiger partial charge in [0, 0.05) is 31.2 Å². The van der Waals surface area contributed by atoms with Gasteiger partial charge in [0.15, 0.2) is 18.9 Å². The van der Waals surface area contributed by atoms with E-state index in [1.165, 1.54) is 0 Å². The van der Waals surface area contributed by atoms with Crippen LogP contribution in [0.1, 0.15) is 25.8 Å². The van der Waals surface area contributed by atoms with Crippen molar-refractivity contribution >= 4 is 11.9 Å². The first-order valence-electron chi connectivity index (χ1n) is 7.72. The fourth-order valence-electron chi connectivity index (χ4n) is 1.81. The zero-order chi connectivity index (χ0) is 16.2. The van der Waals surface area contributed by atoms with E-state index >= 15 is 0 Å². The summed E-state index contributed by atoms with van der Waals surface area (Å²) in [6, 6.07) is 14.2. The quantitative estimate of drug-likeness (QED) is 0.341. The molecule has 0 aliphatic rings. The average molecular weight is 296 g/mol. The Morgan fingerprint density at radius 1 is 1.09 bits per heavy atom. The van der Waals surface area contributed by atoms with Crippen LogP contribution >= 0.6 is 0 Å². The second-order valence-corrected chi connectivity index (χ2v) is 4.55. The number of hydrogen-bond donors (Lipinski definition) is 0. The van der Waals surface area contributed by atoms with E-state index in [2.05, 4.69) is 40.8 Å². The van der Waals surface area contributed by atoms with E-state index in [9.17, 15) is 0 Å². The number of aromatic nitrogens is 1. The number of nitrogens with zero attached hydrogens (tertiary/aromatic N) is 3. The summed E-state index contributed by atoms with van der Waals surface area (Å²) >= 11 is 0. The van der Waals surface area contributed by atoms with Crippen molar-refractivity contribution in [3.63, 3.8) is 0 Å². The molecule has 3 heteroatoms. The highest BCUT2D eigenvalue weighted by molar-refractivity contribution is 5.79. The van der Waals surface area contributed by atoms with E-state index in [-0.39, 0.29) is 0 Å². The molecule has 2 rings (SSSR count). The van der Waals surface area contributed by atoms with Crippen LogP contribution in [-0.2, 0) is 6.54 Å². The van der Waals surface area contributed by atoms with Crippen LogP contribution in [0.2, 0.25) is 0 Å². The fraction of sp³-hybridized carbons (Fsp3) is 0.263. The second kappa shape index (κ2) is 10.3. The maximum atomic E-state index is 4.44. The van der Waals surface area contributed by atoms with Crippen molar-refractivity contribution in [2.45, 2.75) is 26.8 Å². The molecular formula is C19H26N3+. The molecule has 0 unspecified atom stereocenters. The van der Waals surface area contributed by atoms with Crippen LogP contribution in [0.25, 0.3) is 0 Å². The summed E-state index contributed by atoms with van der Waals surface area (Å²) < 4.78 is 2.14. The number of pyridine rings is 1. The van der Waals surface area contributed by atoms with Gasteiger partial charge in [-0.25, -0.2) is 4.57 Å². The number of rotatable bonds is 6. The summed E-state index contributed by atoms with van der Waals surface area (Å²) in [5.41, 5.74) is 2.16. The number of allylic oxidation sites excluding steroid dienone is 1. The van der Waals surface area contributed by atoms with Gasteiger partial charge < -0.3 is 0 Å². The lowest BCUT2D eigenvalue weighted by molar-refractivity contribution is -0.696. The van der Waals surface area contributed by atoms with Crippen LogP contribution in [0, 0.1) is 0 Å². The standard InChI is InChI=1S/C17H20N3.C2H6/c1-3-4-12-20-13-10-16(11-14-20)15-18-19(2)17-8-6-5-7-9-17;1-2/h3,5-11,13-15H,1,4,12H2,2H3;1-2H3/q+1;. The highest BCUT2D eigenvalue weighted by Crippen LogP contribution is 2.10. The number of hydrazone groups is 1. The highest BCUT2D eigenvalue weighted by Gasteiger charge is 1.99. The van der Waals surface area contributed by atoms with Gasteiger partial charge in [0.1, 0.15) is 0 Å². The molecule has 0 saturated carbocycles. The molecule has 0 saturated heterocycles. The van der Waals surface area contributed by atoms with Gasteiger partial charge in [0.05, 0.1) is 11.9 Å². The Labute approximate surface area is 134 Å². The predicted molar refractivity (Wildman–Crippen MR) is 95.2 cm³/mol. The first-order chi connectivity index (χ1) is 10.8. The Kier molecular flexibility index (Phi) is 8.28. The molecule has 22 heavy (non-hydrogen) atoms. The van der Waals surface area contributed by atoms with Crippen molar-refractivity contribution in [2.24, 2.45) is 5.10 Å². The van der Waals surface area contributed by atoms with Crippen molar-refractivity contribution in [3.05, 3.63) is 73.1 Å². The summed E-state index contributed by atoms with van der Waals surface area (Å²) in [6.07, 6.45) is 8.90. The van der Waals surface area contributed by atoms with E-state index < -0.39 is 0 Å². The molecule has 0 atom stereocenters. The van der Waals surface area contributed by atoms with Gasteiger partial charge in [-0.1, -0.05) is 38.1 Å². The summed E-state index contributed by atoms with van der Waals surface area (Å²) in [7, 11) is 1.94. The molecule has 0 N–H and O–H groups in total. The number of hydrogen-bond acceptors (Lipinski definition) is 2. The summed E-state index contributed by atoms with van der Waals surface area (Å²) in [6.45, 7) is 8.69. The molecule has 1 aromatic heterocycles. The Bertz CT molecular complexity index is 559. The molecule has 0 amide bonds. The molecular weight excluding hydrogens is 270 g/mol. The van der Waals surface area contributed by atoms with Gasteiger partial charge in [-0.05, 0) is 12.1 Å². The maximum Gasteiger partial charge on any atom is 0.169 e. The van der Waals surface area contributed by atoms with E-state index in [0.29, 0.717) is 0 Å². The van der Waals surface area contributed by atoms with Crippen molar-refractivity contribution < 1.29 is 4.57 Å². The SMILES string of the molecule is C=CCC[n+]1ccc(/C=N/N(C)c2ccccc2)cc1.CC. The normalized spacial score (nSPS) is 9.95. The van der Waals surface area contributed by atoms with Gasteiger partial charge in [0.2, 0.25) is 0 Å². The first-order valence-corrected chi connectivity index (χ1v) is 7.72. The van der Waals surface area contributed by atoms with Crippen LogP contribution in [0.5, 0.6) is 0 Å². The van der Waals surface area contributed by atoms with E-state index in [0.717, 1.165) is 24.2 Å². The lowest BCUT2D eigenvalue weighted by Gasteiger charge is -2.11. The van der Waals surface area contributed by atoms with Crippen molar-refractivity contribution in [3.8, 4) is 0 Å². The monoisotopic (exact) mass is 296 g/mol. The number of anilines is 1. The minimum Gasteiger partial charge on any atom is -0.269 e. The maximum absolute atomic E-state index is 4.44. The Balaban J connectivity index is 0.00000116. The smallest absolute Gasteiger partial charge is 0.169 e. The topological polar surface area (TPSA) is 19.5 Å². The third kappa shape index (κ3) is 5.92. The molecule has 0 aliphatic heterocycles. The molecule has 0 fully saturated rings. The first kappa shape index (κ1) is 17.6. The third-order valence-corrected chi connectivity index (χ3v) is 3.02. The Morgan fingerprint density at radius 2 is 1.73 bits per heavy atom. The van der Waals surface area contributed by atoms with Gasteiger partial charge in [-0.15, -0.1) is 6.58 Å².